The van der Waals surface area contributed by atoms with Gasteiger partial charge in [-0.05, 0) is 31.9 Å². The Balaban J connectivity index is 1.66. The zero-order valence-electron chi connectivity index (χ0n) is 9.91. The molecule has 0 spiro atoms. The van der Waals surface area contributed by atoms with Crippen LogP contribution in [0.25, 0.3) is 0 Å². The minimum Gasteiger partial charge on any atom is -0.490 e. The Kier molecular flexibility index (Phi) is 4.17. The maximum atomic E-state index is 5.67. The van der Waals surface area contributed by atoms with Gasteiger partial charge in [-0.3, -0.25) is 4.98 Å². The van der Waals surface area contributed by atoms with Crippen molar-refractivity contribution in [2.45, 2.75) is 38.6 Å². The van der Waals surface area contributed by atoms with Crippen LogP contribution >= 0.6 is 0 Å². The molecular formula is C13H20N2O. The van der Waals surface area contributed by atoms with Crippen molar-refractivity contribution < 1.29 is 4.74 Å². The summed E-state index contributed by atoms with van der Waals surface area (Å²) in [4.78, 5) is 4.19. The van der Waals surface area contributed by atoms with Crippen LogP contribution in [0.1, 0.15) is 31.4 Å². The number of aromatic nitrogens is 1. The molecule has 1 aromatic rings. The molecule has 0 amide bonds. The second kappa shape index (κ2) is 5.85. The average Bonchev–Trinajstić information content (AvgIpc) is 2.79. The Bertz CT molecular complexity index is 321. The minimum atomic E-state index is 0.721. The third-order valence-electron chi connectivity index (χ3n) is 3.11. The molecule has 0 saturated heterocycles. The van der Waals surface area contributed by atoms with Crippen molar-refractivity contribution >= 4 is 0 Å². The maximum absolute atomic E-state index is 5.67. The first kappa shape index (κ1) is 11.4. The molecule has 0 atom stereocenters. The van der Waals surface area contributed by atoms with E-state index in [9.17, 15) is 0 Å². The molecule has 2 rings (SSSR count). The lowest BCUT2D eigenvalue weighted by Gasteiger charge is -2.12. The van der Waals surface area contributed by atoms with E-state index in [-0.39, 0.29) is 0 Å². The fourth-order valence-electron chi connectivity index (χ4n) is 2.18. The quantitative estimate of drug-likeness (QED) is 0.773. The Morgan fingerprint density at radius 2 is 2.25 bits per heavy atom. The van der Waals surface area contributed by atoms with Crippen molar-refractivity contribution in [3.63, 3.8) is 0 Å². The van der Waals surface area contributed by atoms with E-state index < -0.39 is 0 Å². The average molecular weight is 220 g/mol. The number of hydrogen-bond donors (Lipinski definition) is 1. The maximum Gasteiger partial charge on any atom is 0.140 e. The summed E-state index contributed by atoms with van der Waals surface area (Å²) in [6.07, 6.45) is 7.19. The van der Waals surface area contributed by atoms with Gasteiger partial charge in [0.15, 0.2) is 0 Å². The van der Waals surface area contributed by atoms with Crippen LogP contribution in [0.3, 0.4) is 0 Å². The second-order valence-electron chi connectivity index (χ2n) is 4.37. The molecule has 0 aromatic carbocycles. The van der Waals surface area contributed by atoms with Crippen molar-refractivity contribution in [3.8, 4) is 5.75 Å². The zero-order valence-corrected chi connectivity index (χ0v) is 9.91. The van der Waals surface area contributed by atoms with Crippen molar-refractivity contribution in [3.05, 3.63) is 24.0 Å². The molecule has 1 heterocycles. The van der Waals surface area contributed by atoms with Crippen LogP contribution in [-0.2, 0) is 0 Å². The van der Waals surface area contributed by atoms with Gasteiger partial charge in [0.1, 0.15) is 12.4 Å². The number of hydrogen-bond acceptors (Lipinski definition) is 3. The van der Waals surface area contributed by atoms with Gasteiger partial charge in [0.25, 0.3) is 0 Å². The molecule has 1 N–H and O–H groups in total. The van der Waals surface area contributed by atoms with Crippen molar-refractivity contribution in [1.29, 1.82) is 0 Å². The fourth-order valence-corrected chi connectivity index (χ4v) is 2.18. The predicted molar refractivity (Wildman–Crippen MR) is 64.7 cm³/mol. The van der Waals surface area contributed by atoms with Gasteiger partial charge >= 0.3 is 0 Å². The summed E-state index contributed by atoms with van der Waals surface area (Å²) in [5.74, 6) is 0.899. The predicted octanol–water partition coefficient (Wildman–Crippen LogP) is 2.30. The van der Waals surface area contributed by atoms with E-state index in [0.717, 1.165) is 30.6 Å². The number of pyridine rings is 1. The van der Waals surface area contributed by atoms with Crippen LogP contribution in [0.5, 0.6) is 5.75 Å². The highest BCUT2D eigenvalue weighted by atomic mass is 16.5. The van der Waals surface area contributed by atoms with Crippen LogP contribution in [0, 0.1) is 6.92 Å². The van der Waals surface area contributed by atoms with Gasteiger partial charge in [0.05, 0.1) is 5.69 Å². The molecule has 1 aliphatic carbocycles. The molecule has 1 fully saturated rings. The van der Waals surface area contributed by atoms with Crippen molar-refractivity contribution in [2.75, 3.05) is 13.2 Å². The first-order valence-electron chi connectivity index (χ1n) is 6.14. The smallest absolute Gasteiger partial charge is 0.140 e. The SMILES string of the molecule is Cc1ncccc1OCCNC1CCCC1. The van der Waals surface area contributed by atoms with Crippen LogP contribution in [0.15, 0.2) is 18.3 Å². The molecule has 0 aliphatic heterocycles. The second-order valence-corrected chi connectivity index (χ2v) is 4.37. The molecular weight excluding hydrogens is 200 g/mol. The van der Waals surface area contributed by atoms with E-state index in [0.29, 0.717) is 0 Å². The summed E-state index contributed by atoms with van der Waals surface area (Å²) in [7, 11) is 0. The van der Waals surface area contributed by atoms with E-state index in [2.05, 4.69) is 10.3 Å². The van der Waals surface area contributed by atoms with Crippen LogP contribution in [-0.4, -0.2) is 24.2 Å². The molecule has 1 aliphatic rings. The lowest BCUT2D eigenvalue weighted by molar-refractivity contribution is 0.302. The molecule has 0 radical (unpaired) electrons. The Labute approximate surface area is 97.2 Å². The van der Waals surface area contributed by atoms with E-state index in [1.165, 1.54) is 25.7 Å². The molecule has 1 saturated carbocycles. The van der Waals surface area contributed by atoms with Gasteiger partial charge in [-0.15, -0.1) is 0 Å². The lowest BCUT2D eigenvalue weighted by atomic mass is 10.2. The van der Waals surface area contributed by atoms with E-state index in [4.69, 9.17) is 4.74 Å². The molecule has 3 heteroatoms. The monoisotopic (exact) mass is 220 g/mol. The van der Waals surface area contributed by atoms with E-state index in [1.807, 2.05) is 19.1 Å². The van der Waals surface area contributed by atoms with Crippen molar-refractivity contribution in [1.82, 2.24) is 10.3 Å². The number of nitrogens with zero attached hydrogens (tertiary/aromatic N) is 1. The third kappa shape index (κ3) is 3.20. The molecule has 3 nitrogen and oxygen atoms in total. The van der Waals surface area contributed by atoms with Crippen molar-refractivity contribution in [2.24, 2.45) is 0 Å². The summed E-state index contributed by atoms with van der Waals surface area (Å²) in [5.41, 5.74) is 0.961. The first-order chi connectivity index (χ1) is 7.86. The van der Waals surface area contributed by atoms with Crippen LogP contribution < -0.4 is 10.1 Å². The number of aryl methyl sites for hydroxylation is 1. The largest absolute Gasteiger partial charge is 0.490 e. The highest BCUT2D eigenvalue weighted by molar-refractivity contribution is 5.25. The topological polar surface area (TPSA) is 34.1 Å². The summed E-state index contributed by atoms with van der Waals surface area (Å²) >= 11 is 0. The van der Waals surface area contributed by atoms with Gasteiger partial charge in [-0.1, -0.05) is 12.8 Å². The summed E-state index contributed by atoms with van der Waals surface area (Å²) < 4.78 is 5.67. The Hall–Kier alpha value is -1.09. The Morgan fingerprint density at radius 3 is 3.00 bits per heavy atom. The molecule has 1 aromatic heterocycles. The zero-order chi connectivity index (χ0) is 11.2. The van der Waals surface area contributed by atoms with Crippen LogP contribution in [0.4, 0.5) is 0 Å². The molecule has 0 bridgehead atoms. The van der Waals surface area contributed by atoms with E-state index >= 15 is 0 Å². The summed E-state index contributed by atoms with van der Waals surface area (Å²) in [5, 5.41) is 3.53. The normalized spacial score (nSPS) is 16.6. The van der Waals surface area contributed by atoms with Gasteiger partial charge in [-0.25, -0.2) is 0 Å². The fraction of sp³-hybridized carbons (Fsp3) is 0.615. The van der Waals surface area contributed by atoms with Crippen LogP contribution in [0.2, 0.25) is 0 Å². The molecule has 16 heavy (non-hydrogen) atoms. The Morgan fingerprint density at radius 1 is 1.44 bits per heavy atom. The standard InChI is InChI=1S/C13H20N2O/c1-11-13(7-4-8-14-11)16-10-9-15-12-5-2-3-6-12/h4,7-8,12,15H,2-3,5-6,9-10H2,1H3. The van der Waals surface area contributed by atoms with E-state index in [1.54, 1.807) is 6.20 Å². The van der Waals surface area contributed by atoms with Gasteiger partial charge in [-0.2, -0.15) is 0 Å². The number of rotatable bonds is 5. The van der Waals surface area contributed by atoms with Gasteiger partial charge < -0.3 is 10.1 Å². The summed E-state index contributed by atoms with van der Waals surface area (Å²) in [6, 6.07) is 4.60. The lowest BCUT2D eigenvalue weighted by Crippen LogP contribution is -2.30. The van der Waals surface area contributed by atoms with Gasteiger partial charge in [0, 0.05) is 18.8 Å². The number of ether oxygens (including phenoxy) is 1. The highest BCUT2D eigenvalue weighted by Gasteiger charge is 2.13. The molecule has 0 unspecified atom stereocenters. The minimum absolute atomic E-state index is 0.721. The molecule has 88 valence electrons. The van der Waals surface area contributed by atoms with Gasteiger partial charge in [0.2, 0.25) is 0 Å². The highest BCUT2D eigenvalue weighted by Crippen LogP contribution is 2.17. The summed E-state index contributed by atoms with van der Waals surface area (Å²) in [6.45, 7) is 3.63. The first-order valence-corrected chi connectivity index (χ1v) is 6.14. The number of nitrogens with one attached hydrogen (secondary N) is 1. The third-order valence-corrected chi connectivity index (χ3v) is 3.11.